The Hall–Kier alpha value is -3.13. The van der Waals surface area contributed by atoms with Crippen LogP contribution in [0.2, 0.25) is 10.0 Å². The van der Waals surface area contributed by atoms with E-state index in [4.69, 9.17) is 23.2 Å². The molecule has 0 aliphatic carbocycles. The number of anilines is 3. The van der Waals surface area contributed by atoms with Crippen LogP contribution in [0.1, 0.15) is 12.8 Å². The number of benzene rings is 2. The number of hydrogen-bond donors (Lipinski definition) is 1. The molecule has 9 heteroatoms. The van der Waals surface area contributed by atoms with Gasteiger partial charge in [0.2, 0.25) is 11.4 Å². The molecule has 7 nitrogen and oxygen atoms in total. The predicted molar refractivity (Wildman–Crippen MR) is 149 cm³/mol. The van der Waals surface area contributed by atoms with Crippen LogP contribution >= 0.6 is 23.2 Å². The minimum atomic E-state index is -0.216. The van der Waals surface area contributed by atoms with Crippen molar-refractivity contribution in [2.24, 2.45) is 7.05 Å². The fourth-order valence-corrected chi connectivity index (χ4v) is 5.38. The van der Waals surface area contributed by atoms with E-state index in [2.05, 4.69) is 51.3 Å². The Morgan fingerprint density at radius 2 is 1.69 bits per heavy atom. The van der Waals surface area contributed by atoms with Gasteiger partial charge in [0.25, 0.3) is 0 Å². The van der Waals surface area contributed by atoms with Crippen molar-refractivity contribution in [2.75, 3.05) is 37.4 Å². The van der Waals surface area contributed by atoms with Gasteiger partial charge in [-0.1, -0.05) is 29.3 Å². The highest BCUT2D eigenvalue weighted by molar-refractivity contribution is 6.39. The maximum absolute atomic E-state index is 13.3. The molecule has 1 saturated heterocycles. The monoisotopic (exact) mass is 522 g/mol. The summed E-state index contributed by atoms with van der Waals surface area (Å²) in [4.78, 5) is 27.0. The third-order valence-electron chi connectivity index (χ3n) is 6.83. The lowest BCUT2D eigenvalue weighted by Gasteiger charge is -2.36. The van der Waals surface area contributed by atoms with Crippen LogP contribution in [0.3, 0.4) is 0 Å². The Morgan fingerprint density at radius 3 is 2.33 bits per heavy atom. The number of rotatable bonds is 5. The van der Waals surface area contributed by atoms with Gasteiger partial charge in [-0.25, -0.2) is 4.98 Å². The molecular weight excluding hydrogens is 495 g/mol. The summed E-state index contributed by atoms with van der Waals surface area (Å²) in [6, 6.07) is 14.1. The third-order valence-corrected chi connectivity index (χ3v) is 7.46. The summed E-state index contributed by atoms with van der Waals surface area (Å²) in [5.41, 5.74) is 3.32. The van der Waals surface area contributed by atoms with Crippen LogP contribution in [-0.2, 0) is 7.05 Å². The number of aryl methyl sites for hydroxylation is 1. The van der Waals surface area contributed by atoms with Crippen molar-refractivity contribution in [1.82, 2.24) is 19.4 Å². The Kier molecular flexibility index (Phi) is 6.88. The van der Waals surface area contributed by atoms with E-state index in [1.54, 1.807) is 35.2 Å². The summed E-state index contributed by atoms with van der Waals surface area (Å²) >= 11 is 12.7. The van der Waals surface area contributed by atoms with Gasteiger partial charge in [0, 0.05) is 61.1 Å². The largest absolute Gasteiger partial charge is 0.371 e. The smallest absolute Gasteiger partial charge is 0.229 e. The summed E-state index contributed by atoms with van der Waals surface area (Å²) in [5, 5.41) is 4.49. The van der Waals surface area contributed by atoms with Gasteiger partial charge < -0.3 is 19.7 Å². The van der Waals surface area contributed by atoms with Gasteiger partial charge in [-0.2, -0.15) is 4.98 Å². The first-order chi connectivity index (χ1) is 17.3. The van der Waals surface area contributed by atoms with E-state index < -0.39 is 0 Å². The van der Waals surface area contributed by atoms with E-state index in [-0.39, 0.29) is 5.43 Å². The fourth-order valence-electron chi connectivity index (χ4n) is 4.78. The number of hydrogen-bond acceptors (Lipinski definition) is 6. The van der Waals surface area contributed by atoms with E-state index in [0.717, 1.165) is 18.8 Å². The van der Waals surface area contributed by atoms with Crippen LogP contribution < -0.4 is 15.6 Å². The fraction of sp³-hybridized carbons (Fsp3) is 0.296. The second-order valence-electron chi connectivity index (χ2n) is 9.36. The van der Waals surface area contributed by atoms with Gasteiger partial charge in [-0.05, 0) is 63.3 Å². The van der Waals surface area contributed by atoms with Crippen LogP contribution in [0.4, 0.5) is 17.3 Å². The summed E-state index contributed by atoms with van der Waals surface area (Å²) in [7, 11) is 6.14. The molecule has 0 spiro atoms. The first-order valence-corrected chi connectivity index (χ1v) is 12.7. The SMILES string of the molecule is CN(C)C1CCN(c2ccc(Nc3ncc4c(=O)c(-c5c(Cl)cccc5Cl)cn(C)c4n3)cc2)CC1. The second-order valence-corrected chi connectivity index (χ2v) is 10.2. The van der Waals surface area contributed by atoms with E-state index in [0.29, 0.717) is 44.2 Å². The summed E-state index contributed by atoms with van der Waals surface area (Å²) in [5.74, 6) is 0.417. The summed E-state index contributed by atoms with van der Waals surface area (Å²) in [6.07, 6.45) is 5.59. The van der Waals surface area contributed by atoms with E-state index in [9.17, 15) is 4.79 Å². The highest BCUT2D eigenvalue weighted by atomic mass is 35.5. The number of halogens is 2. The van der Waals surface area contributed by atoms with Crippen LogP contribution in [0.15, 0.2) is 59.7 Å². The number of piperidine rings is 1. The Bertz CT molecular complexity index is 1440. The normalized spacial score (nSPS) is 14.6. The number of pyridine rings is 1. The summed E-state index contributed by atoms with van der Waals surface area (Å²) < 4.78 is 1.79. The minimum absolute atomic E-state index is 0.216. The van der Waals surface area contributed by atoms with E-state index in [1.807, 2.05) is 19.2 Å². The van der Waals surface area contributed by atoms with Crippen molar-refractivity contribution < 1.29 is 0 Å². The molecule has 186 valence electrons. The highest BCUT2D eigenvalue weighted by Gasteiger charge is 2.21. The maximum atomic E-state index is 13.3. The van der Waals surface area contributed by atoms with Gasteiger partial charge in [-0.15, -0.1) is 0 Å². The van der Waals surface area contributed by atoms with Gasteiger partial charge in [0.15, 0.2) is 0 Å². The average molecular weight is 523 g/mol. The minimum Gasteiger partial charge on any atom is -0.371 e. The van der Waals surface area contributed by atoms with Crippen molar-refractivity contribution in [3.8, 4) is 11.1 Å². The standard InChI is InChI=1S/C27H28Cl2N6O/c1-33(2)18-11-13-35(14-12-18)19-9-7-17(8-10-19)31-27-30-15-20-25(36)21(16-34(3)26(20)32-27)24-22(28)5-4-6-23(24)29/h4-10,15-16,18H,11-14H2,1-3H3,(H,30,31,32). The zero-order valence-electron chi connectivity index (χ0n) is 20.5. The maximum Gasteiger partial charge on any atom is 0.229 e. The molecule has 0 amide bonds. The quantitative estimate of drug-likeness (QED) is 0.369. The van der Waals surface area contributed by atoms with Gasteiger partial charge in [-0.3, -0.25) is 4.79 Å². The van der Waals surface area contributed by atoms with Crippen LogP contribution in [0.25, 0.3) is 22.2 Å². The number of nitrogens with one attached hydrogen (secondary N) is 1. The van der Waals surface area contributed by atoms with Crippen molar-refractivity contribution >= 4 is 51.6 Å². The van der Waals surface area contributed by atoms with Crippen LogP contribution in [0.5, 0.6) is 0 Å². The van der Waals surface area contributed by atoms with Gasteiger partial charge >= 0.3 is 0 Å². The molecule has 1 aliphatic rings. The molecule has 2 aromatic heterocycles. The number of nitrogens with zero attached hydrogens (tertiary/aromatic N) is 5. The first-order valence-electron chi connectivity index (χ1n) is 11.9. The molecule has 0 saturated carbocycles. The molecule has 1 fully saturated rings. The lowest BCUT2D eigenvalue weighted by molar-refractivity contribution is 0.249. The molecule has 36 heavy (non-hydrogen) atoms. The predicted octanol–water partition coefficient (Wildman–Crippen LogP) is 5.58. The Morgan fingerprint density at radius 1 is 1.03 bits per heavy atom. The average Bonchev–Trinajstić information content (AvgIpc) is 2.87. The zero-order valence-corrected chi connectivity index (χ0v) is 22.0. The molecule has 4 aromatic rings. The third kappa shape index (κ3) is 4.78. The lowest BCUT2D eigenvalue weighted by atomic mass is 10.0. The molecule has 0 unspecified atom stereocenters. The molecule has 1 aliphatic heterocycles. The molecule has 3 heterocycles. The molecule has 0 bridgehead atoms. The number of fused-ring (bicyclic) bond motifs is 1. The molecule has 5 rings (SSSR count). The van der Waals surface area contributed by atoms with Crippen molar-refractivity contribution in [3.63, 3.8) is 0 Å². The Balaban J connectivity index is 1.37. The van der Waals surface area contributed by atoms with Crippen molar-refractivity contribution in [1.29, 1.82) is 0 Å². The molecule has 1 N–H and O–H groups in total. The zero-order chi connectivity index (χ0) is 25.4. The topological polar surface area (TPSA) is 66.3 Å². The molecular formula is C27H28Cl2N6O. The molecule has 2 aromatic carbocycles. The lowest BCUT2D eigenvalue weighted by Crippen LogP contribution is -2.41. The van der Waals surface area contributed by atoms with Crippen LogP contribution in [0, 0.1) is 0 Å². The van der Waals surface area contributed by atoms with E-state index >= 15 is 0 Å². The number of aromatic nitrogens is 3. The molecule has 0 radical (unpaired) electrons. The van der Waals surface area contributed by atoms with Crippen molar-refractivity contribution in [3.05, 3.63) is 75.1 Å². The van der Waals surface area contributed by atoms with Gasteiger partial charge in [0.1, 0.15) is 5.65 Å². The van der Waals surface area contributed by atoms with Crippen molar-refractivity contribution in [2.45, 2.75) is 18.9 Å². The second kappa shape index (κ2) is 10.1. The summed E-state index contributed by atoms with van der Waals surface area (Å²) in [6.45, 7) is 2.11. The Labute approximate surface area is 220 Å². The van der Waals surface area contributed by atoms with E-state index in [1.165, 1.54) is 18.5 Å². The van der Waals surface area contributed by atoms with Gasteiger partial charge in [0.05, 0.1) is 15.4 Å². The first kappa shape index (κ1) is 24.6. The molecule has 0 atom stereocenters. The van der Waals surface area contributed by atoms with Crippen LogP contribution in [-0.4, -0.2) is 52.7 Å². The highest BCUT2D eigenvalue weighted by Crippen LogP contribution is 2.33.